The van der Waals surface area contributed by atoms with E-state index < -0.39 is 17.7 Å². The molecule has 3 amide bonds. The Hall–Kier alpha value is -3.88. The Morgan fingerprint density at radius 3 is 2.48 bits per heavy atom. The minimum atomic E-state index is -1.12. The second kappa shape index (κ2) is 9.32. The number of benzene rings is 2. The third-order valence-corrected chi connectivity index (χ3v) is 5.19. The van der Waals surface area contributed by atoms with Crippen molar-refractivity contribution < 1.29 is 14.7 Å². The summed E-state index contributed by atoms with van der Waals surface area (Å²) in [4.78, 5) is 43.7. The number of nitrogens with zero attached hydrogens (tertiary/aromatic N) is 3. The Bertz CT molecular complexity index is 1250. The van der Waals surface area contributed by atoms with Crippen LogP contribution in [0.1, 0.15) is 46.5 Å². The summed E-state index contributed by atoms with van der Waals surface area (Å²) in [7, 11) is 0. The van der Waals surface area contributed by atoms with E-state index in [1.807, 2.05) is 6.92 Å². The number of carbonyl (C=O) groups excluding carboxylic acids is 1. The number of hydrogen-bond donors (Lipinski definition) is 3. The highest BCUT2D eigenvalue weighted by atomic mass is 16.4. The summed E-state index contributed by atoms with van der Waals surface area (Å²) in [6.45, 7) is 9.36. The summed E-state index contributed by atoms with van der Waals surface area (Å²) >= 11 is 0. The molecule has 0 aliphatic carbocycles. The number of nitrogens with one attached hydrogen (secondary N) is 2. The maximum Gasteiger partial charge on any atom is 0.408 e. The second-order valence-electron chi connectivity index (χ2n) is 8.66. The lowest BCUT2D eigenvalue weighted by Gasteiger charge is -2.38. The Morgan fingerprint density at radius 1 is 1.15 bits per heavy atom. The SMILES string of the molecule is CCNC(=O)Nc1cccc(-n2c([C@H](C)N(C(=O)O)C(C)(C)C)nc3ccccc3c2=O)c1. The number of aromatic nitrogens is 2. The Balaban J connectivity index is 2.25. The van der Waals surface area contributed by atoms with Gasteiger partial charge < -0.3 is 15.7 Å². The quantitative estimate of drug-likeness (QED) is 0.533. The van der Waals surface area contributed by atoms with Crippen molar-refractivity contribution in [1.29, 1.82) is 0 Å². The van der Waals surface area contributed by atoms with Crippen molar-refractivity contribution in [2.24, 2.45) is 0 Å². The minimum Gasteiger partial charge on any atom is -0.465 e. The third-order valence-electron chi connectivity index (χ3n) is 5.19. The molecular weight excluding hydrogens is 422 g/mol. The largest absolute Gasteiger partial charge is 0.465 e. The molecule has 0 fully saturated rings. The van der Waals surface area contributed by atoms with Crippen LogP contribution in [0.5, 0.6) is 0 Å². The summed E-state index contributed by atoms with van der Waals surface area (Å²) in [5.41, 5.74) is 0.381. The van der Waals surface area contributed by atoms with E-state index in [9.17, 15) is 19.5 Å². The average Bonchev–Trinajstić information content (AvgIpc) is 2.72. The first-order chi connectivity index (χ1) is 15.5. The molecule has 9 nitrogen and oxygen atoms in total. The standard InChI is InChI=1S/C24H29N5O4/c1-6-25-22(31)26-16-10-9-11-17(14-16)28-20(15(2)29(23(32)33)24(3,4)5)27-19-13-8-7-12-18(19)21(28)30/h7-15H,6H2,1-5H3,(H,32,33)(H2,25,26,31)/t15-/m0/s1. The van der Waals surface area contributed by atoms with Gasteiger partial charge in [-0.1, -0.05) is 18.2 Å². The van der Waals surface area contributed by atoms with Gasteiger partial charge in [-0.3, -0.25) is 14.3 Å². The summed E-state index contributed by atoms with van der Waals surface area (Å²) in [5.74, 6) is 0.284. The highest BCUT2D eigenvalue weighted by Gasteiger charge is 2.34. The van der Waals surface area contributed by atoms with Crippen molar-refractivity contribution in [1.82, 2.24) is 19.8 Å². The van der Waals surface area contributed by atoms with Crippen molar-refractivity contribution in [2.75, 3.05) is 11.9 Å². The molecule has 2 aromatic carbocycles. The van der Waals surface area contributed by atoms with Gasteiger partial charge >= 0.3 is 12.1 Å². The maximum absolute atomic E-state index is 13.6. The predicted octanol–water partition coefficient (Wildman–Crippen LogP) is 4.37. The van der Waals surface area contributed by atoms with Crippen LogP contribution in [0.2, 0.25) is 0 Å². The first kappa shape index (κ1) is 23.8. The fourth-order valence-electron chi connectivity index (χ4n) is 3.89. The predicted molar refractivity (Wildman–Crippen MR) is 128 cm³/mol. The van der Waals surface area contributed by atoms with Gasteiger partial charge in [-0.25, -0.2) is 14.6 Å². The van der Waals surface area contributed by atoms with Gasteiger partial charge in [0.05, 0.1) is 22.6 Å². The number of para-hydroxylation sites is 1. The van der Waals surface area contributed by atoms with Gasteiger partial charge in [-0.15, -0.1) is 0 Å². The van der Waals surface area contributed by atoms with Gasteiger partial charge in [-0.2, -0.15) is 0 Å². The molecule has 0 radical (unpaired) electrons. The highest BCUT2D eigenvalue weighted by Crippen LogP contribution is 2.29. The number of fused-ring (bicyclic) bond motifs is 1. The Labute approximate surface area is 192 Å². The summed E-state index contributed by atoms with van der Waals surface area (Å²) in [6, 6.07) is 12.7. The van der Waals surface area contributed by atoms with Crippen LogP contribution in [-0.2, 0) is 0 Å². The molecule has 1 aromatic heterocycles. The van der Waals surface area contributed by atoms with E-state index in [0.717, 1.165) is 0 Å². The van der Waals surface area contributed by atoms with Crippen molar-refractivity contribution in [3.8, 4) is 5.69 Å². The van der Waals surface area contributed by atoms with Crippen LogP contribution in [0.4, 0.5) is 15.3 Å². The lowest BCUT2D eigenvalue weighted by atomic mass is 10.0. The van der Waals surface area contributed by atoms with Crippen LogP contribution in [0.15, 0.2) is 53.3 Å². The van der Waals surface area contributed by atoms with E-state index in [0.29, 0.717) is 28.8 Å². The summed E-state index contributed by atoms with van der Waals surface area (Å²) in [6.07, 6.45) is -1.12. The van der Waals surface area contributed by atoms with Crippen molar-refractivity contribution in [3.63, 3.8) is 0 Å². The molecule has 3 N–H and O–H groups in total. The fraction of sp³-hybridized carbons (Fsp3) is 0.333. The lowest BCUT2D eigenvalue weighted by Crippen LogP contribution is -2.47. The third kappa shape index (κ3) is 4.97. The van der Waals surface area contributed by atoms with Gasteiger partial charge in [0.25, 0.3) is 5.56 Å². The molecule has 1 atom stereocenters. The summed E-state index contributed by atoms with van der Waals surface area (Å²) < 4.78 is 1.41. The molecule has 0 bridgehead atoms. The minimum absolute atomic E-state index is 0.284. The zero-order valence-electron chi connectivity index (χ0n) is 19.4. The van der Waals surface area contributed by atoms with Crippen LogP contribution < -0.4 is 16.2 Å². The van der Waals surface area contributed by atoms with Gasteiger partial charge in [0.1, 0.15) is 5.82 Å². The Morgan fingerprint density at radius 2 is 1.85 bits per heavy atom. The number of amides is 3. The van der Waals surface area contributed by atoms with Crippen molar-refractivity contribution in [3.05, 3.63) is 64.7 Å². The number of anilines is 1. The van der Waals surface area contributed by atoms with E-state index in [1.165, 1.54) is 9.47 Å². The van der Waals surface area contributed by atoms with E-state index in [2.05, 4.69) is 10.6 Å². The fourth-order valence-corrected chi connectivity index (χ4v) is 3.89. The van der Waals surface area contributed by atoms with E-state index in [1.54, 1.807) is 76.2 Å². The monoisotopic (exact) mass is 451 g/mol. The van der Waals surface area contributed by atoms with Gasteiger partial charge in [0.2, 0.25) is 0 Å². The molecular formula is C24H29N5O4. The molecule has 33 heavy (non-hydrogen) atoms. The van der Waals surface area contributed by atoms with Gasteiger partial charge in [-0.05, 0) is 65.0 Å². The van der Waals surface area contributed by atoms with E-state index in [-0.39, 0.29) is 17.4 Å². The molecule has 0 aliphatic rings. The topological polar surface area (TPSA) is 117 Å². The zero-order chi connectivity index (χ0) is 24.3. The first-order valence-electron chi connectivity index (χ1n) is 10.7. The second-order valence-corrected chi connectivity index (χ2v) is 8.66. The normalized spacial score (nSPS) is 12.3. The van der Waals surface area contributed by atoms with Gasteiger partial charge in [0, 0.05) is 17.8 Å². The van der Waals surface area contributed by atoms with Crippen molar-refractivity contribution >= 4 is 28.7 Å². The highest BCUT2D eigenvalue weighted by molar-refractivity contribution is 5.89. The van der Waals surface area contributed by atoms with Gasteiger partial charge in [0.15, 0.2) is 0 Å². The average molecular weight is 452 g/mol. The van der Waals surface area contributed by atoms with Crippen LogP contribution in [0.25, 0.3) is 16.6 Å². The van der Waals surface area contributed by atoms with E-state index in [4.69, 9.17) is 4.98 Å². The molecule has 174 valence electrons. The molecule has 0 spiro atoms. The van der Waals surface area contributed by atoms with Crippen LogP contribution in [-0.4, -0.2) is 43.8 Å². The number of urea groups is 1. The number of hydrogen-bond acceptors (Lipinski definition) is 4. The molecule has 9 heteroatoms. The molecule has 0 unspecified atom stereocenters. The zero-order valence-corrected chi connectivity index (χ0v) is 19.4. The number of carbonyl (C=O) groups is 2. The van der Waals surface area contributed by atoms with Crippen LogP contribution in [0.3, 0.4) is 0 Å². The maximum atomic E-state index is 13.6. The molecule has 3 aromatic rings. The molecule has 0 saturated carbocycles. The number of rotatable bonds is 5. The van der Waals surface area contributed by atoms with Crippen LogP contribution in [0, 0.1) is 0 Å². The van der Waals surface area contributed by atoms with E-state index >= 15 is 0 Å². The lowest BCUT2D eigenvalue weighted by molar-refractivity contribution is 0.0719. The number of carboxylic acid groups (broad SMARTS) is 1. The smallest absolute Gasteiger partial charge is 0.408 e. The molecule has 1 heterocycles. The molecule has 3 rings (SSSR count). The van der Waals surface area contributed by atoms with Crippen LogP contribution >= 0.6 is 0 Å². The Kier molecular flexibility index (Phi) is 6.71. The first-order valence-corrected chi connectivity index (χ1v) is 10.7. The summed E-state index contributed by atoms with van der Waals surface area (Å²) in [5, 5.41) is 15.7. The van der Waals surface area contributed by atoms with Crippen molar-refractivity contribution in [2.45, 2.75) is 46.2 Å². The molecule has 0 saturated heterocycles. The molecule has 0 aliphatic heterocycles.